The van der Waals surface area contributed by atoms with Gasteiger partial charge in [-0.15, -0.1) is 0 Å². The van der Waals surface area contributed by atoms with Crippen molar-refractivity contribution in [2.75, 3.05) is 0 Å². The molecule has 0 radical (unpaired) electrons. The van der Waals surface area contributed by atoms with Crippen LogP contribution in [0.15, 0.2) is 72.8 Å². The molecule has 142 valence electrons. The molecule has 0 bridgehead atoms. The van der Waals surface area contributed by atoms with Crippen molar-refractivity contribution < 1.29 is 14.6 Å². The lowest BCUT2D eigenvalue weighted by Gasteiger charge is -2.27. The lowest BCUT2D eigenvalue weighted by Crippen LogP contribution is -2.16. The molecule has 3 aromatic carbocycles. The Kier molecular flexibility index (Phi) is 4.63. The molecule has 1 aliphatic carbocycles. The van der Waals surface area contributed by atoms with Crippen molar-refractivity contribution in [3.8, 4) is 16.9 Å². The first-order valence-corrected chi connectivity index (χ1v) is 10.0. The van der Waals surface area contributed by atoms with E-state index in [9.17, 15) is 5.11 Å². The highest BCUT2D eigenvalue weighted by Crippen LogP contribution is 2.45. The predicted octanol–water partition coefficient (Wildman–Crippen LogP) is 5.27. The van der Waals surface area contributed by atoms with E-state index < -0.39 is 6.29 Å². The molecule has 1 heterocycles. The van der Waals surface area contributed by atoms with Gasteiger partial charge in [0.1, 0.15) is 12.4 Å². The molecule has 0 saturated carbocycles. The largest absolute Gasteiger partial charge is 0.489 e. The summed E-state index contributed by atoms with van der Waals surface area (Å²) in [7, 11) is 0. The van der Waals surface area contributed by atoms with Gasteiger partial charge in [-0.25, -0.2) is 0 Å². The van der Waals surface area contributed by atoms with Crippen LogP contribution in [0.4, 0.5) is 0 Å². The van der Waals surface area contributed by atoms with Crippen LogP contribution in [0, 0.1) is 5.92 Å². The van der Waals surface area contributed by atoms with Crippen LogP contribution in [0.25, 0.3) is 11.1 Å². The highest BCUT2D eigenvalue weighted by atomic mass is 16.6. The molecule has 0 aromatic heterocycles. The summed E-state index contributed by atoms with van der Waals surface area (Å²) in [6.45, 7) is 0.533. The second-order valence-corrected chi connectivity index (χ2v) is 7.72. The van der Waals surface area contributed by atoms with E-state index in [0.717, 1.165) is 25.0 Å². The molecule has 3 nitrogen and oxygen atoms in total. The maximum absolute atomic E-state index is 9.82. The highest BCUT2D eigenvalue weighted by Gasteiger charge is 2.38. The van der Waals surface area contributed by atoms with E-state index in [-0.39, 0.29) is 6.10 Å². The van der Waals surface area contributed by atoms with E-state index >= 15 is 0 Å². The Labute approximate surface area is 165 Å². The van der Waals surface area contributed by atoms with E-state index in [1.54, 1.807) is 0 Å². The number of rotatable bonds is 4. The zero-order chi connectivity index (χ0) is 18.9. The maximum Gasteiger partial charge on any atom is 0.155 e. The fourth-order valence-corrected chi connectivity index (χ4v) is 4.53. The van der Waals surface area contributed by atoms with Crippen LogP contribution in [0.5, 0.6) is 5.75 Å². The Morgan fingerprint density at radius 3 is 2.68 bits per heavy atom. The molecular weight excluding hydrogens is 348 g/mol. The first kappa shape index (κ1) is 17.5. The third kappa shape index (κ3) is 3.32. The van der Waals surface area contributed by atoms with Crippen LogP contribution >= 0.6 is 0 Å². The van der Waals surface area contributed by atoms with Gasteiger partial charge in [-0.2, -0.15) is 0 Å². The molecular formula is C25H24O3. The molecule has 3 heteroatoms. The average molecular weight is 372 g/mol. The molecule has 1 N–H and O–H groups in total. The standard InChI is InChI=1S/C25H24O3/c26-24-15-19-11-10-18-14-21(12-13-23(18)25(19)28-24)27-16-20-8-4-5-9-22(20)17-6-2-1-3-7-17/h1-9,12-14,19,24-26H,10-11,15-16H2/t19-,24?,25+/m1/s1. The van der Waals surface area contributed by atoms with E-state index in [2.05, 4.69) is 60.7 Å². The molecule has 2 aliphatic rings. The minimum Gasteiger partial charge on any atom is -0.489 e. The number of aliphatic hydroxyl groups excluding tert-OH is 1. The summed E-state index contributed by atoms with van der Waals surface area (Å²) in [5, 5.41) is 9.82. The summed E-state index contributed by atoms with van der Waals surface area (Å²) in [6.07, 6.45) is 2.25. The second kappa shape index (κ2) is 7.42. The predicted molar refractivity (Wildman–Crippen MR) is 109 cm³/mol. The Hall–Kier alpha value is -2.62. The Balaban J connectivity index is 1.35. The molecule has 3 aromatic rings. The molecule has 28 heavy (non-hydrogen) atoms. The van der Waals surface area contributed by atoms with E-state index in [0.29, 0.717) is 12.5 Å². The van der Waals surface area contributed by atoms with Crippen molar-refractivity contribution in [1.29, 1.82) is 0 Å². The molecule has 5 rings (SSSR count). The highest BCUT2D eigenvalue weighted by molar-refractivity contribution is 5.67. The van der Waals surface area contributed by atoms with Gasteiger partial charge in [-0.05, 0) is 58.7 Å². The number of fused-ring (bicyclic) bond motifs is 3. The van der Waals surface area contributed by atoms with Crippen molar-refractivity contribution in [2.45, 2.75) is 38.3 Å². The summed E-state index contributed by atoms with van der Waals surface area (Å²) in [5.41, 5.74) is 6.08. The van der Waals surface area contributed by atoms with E-state index in [1.165, 1.54) is 27.8 Å². The topological polar surface area (TPSA) is 38.7 Å². The first-order chi connectivity index (χ1) is 13.8. The molecule has 0 amide bonds. The third-order valence-electron chi connectivity index (χ3n) is 5.94. The maximum atomic E-state index is 9.82. The normalized spacial score (nSPS) is 23.1. The monoisotopic (exact) mass is 372 g/mol. The number of benzene rings is 3. The molecule has 1 fully saturated rings. The summed E-state index contributed by atoms with van der Waals surface area (Å²) in [6, 6.07) is 25.1. The van der Waals surface area contributed by atoms with Crippen molar-refractivity contribution >= 4 is 0 Å². The van der Waals surface area contributed by atoms with Crippen molar-refractivity contribution in [1.82, 2.24) is 0 Å². The van der Waals surface area contributed by atoms with Crippen LogP contribution in [-0.2, 0) is 17.8 Å². The van der Waals surface area contributed by atoms with E-state index in [1.807, 2.05) is 12.1 Å². The van der Waals surface area contributed by atoms with Crippen LogP contribution in [0.2, 0.25) is 0 Å². The number of hydrogen-bond donors (Lipinski definition) is 1. The van der Waals surface area contributed by atoms with Gasteiger partial charge >= 0.3 is 0 Å². The summed E-state index contributed by atoms with van der Waals surface area (Å²) < 4.78 is 11.9. The lowest BCUT2D eigenvalue weighted by atomic mass is 9.81. The van der Waals surface area contributed by atoms with Gasteiger partial charge < -0.3 is 14.6 Å². The quantitative estimate of drug-likeness (QED) is 0.678. The second-order valence-electron chi connectivity index (χ2n) is 7.72. The van der Waals surface area contributed by atoms with E-state index in [4.69, 9.17) is 9.47 Å². The van der Waals surface area contributed by atoms with Crippen molar-refractivity contribution in [3.05, 3.63) is 89.5 Å². The van der Waals surface area contributed by atoms with Gasteiger partial charge in [0, 0.05) is 6.42 Å². The number of ether oxygens (including phenoxy) is 2. The summed E-state index contributed by atoms with van der Waals surface area (Å²) in [5.74, 6) is 1.32. The number of aryl methyl sites for hydroxylation is 1. The fraction of sp³-hybridized carbons (Fsp3) is 0.280. The smallest absolute Gasteiger partial charge is 0.155 e. The van der Waals surface area contributed by atoms with Crippen LogP contribution in [0.1, 0.15) is 35.6 Å². The number of aliphatic hydroxyl groups is 1. The van der Waals surface area contributed by atoms with Crippen LogP contribution in [0.3, 0.4) is 0 Å². The molecule has 3 atom stereocenters. The summed E-state index contributed by atoms with van der Waals surface area (Å²) >= 11 is 0. The average Bonchev–Trinajstić information content (AvgIpc) is 3.13. The van der Waals surface area contributed by atoms with Gasteiger partial charge in [0.05, 0.1) is 6.10 Å². The molecule has 1 aliphatic heterocycles. The summed E-state index contributed by atoms with van der Waals surface area (Å²) in [4.78, 5) is 0. The Morgan fingerprint density at radius 2 is 1.79 bits per heavy atom. The fourth-order valence-electron chi connectivity index (χ4n) is 4.53. The van der Waals surface area contributed by atoms with Gasteiger partial charge in [-0.3, -0.25) is 0 Å². The first-order valence-electron chi connectivity index (χ1n) is 10.0. The Bertz CT molecular complexity index is 967. The van der Waals surface area contributed by atoms with Gasteiger partial charge in [-0.1, -0.05) is 60.7 Å². The van der Waals surface area contributed by atoms with Gasteiger partial charge in [0.25, 0.3) is 0 Å². The number of hydrogen-bond acceptors (Lipinski definition) is 3. The van der Waals surface area contributed by atoms with Gasteiger partial charge in [0.2, 0.25) is 0 Å². The van der Waals surface area contributed by atoms with Crippen LogP contribution in [-0.4, -0.2) is 11.4 Å². The zero-order valence-electron chi connectivity index (χ0n) is 15.8. The zero-order valence-corrected chi connectivity index (χ0v) is 15.8. The van der Waals surface area contributed by atoms with Crippen molar-refractivity contribution in [2.24, 2.45) is 5.92 Å². The Morgan fingerprint density at radius 1 is 0.964 bits per heavy atom. The minimum absolute atomic E-state index is 0.0339. The third-order valence-corrected chi connectivity index (χ3v) is 5.94. The van der Waals surface area contributed by atoms with Crippen molar-refractivity contribution in [3.63, 3.8) is 0 Å². The SMILES string of the molecule is OC1C[C@H]2CCc3cc(OCc4ccccc4-c4ccccc4)ccc3[C@H]2O1. The van der Waals surface area contributed by atoms with Gasteiger partial charge in [0.15, 0.2) is 6.29 Å². The van der Waals surface area contributed by atoms with Crippen LogP contribution < -0.4 is 4.74 Å². The molecule has 0 spiro atoms. The lowest BCUT2D eigenvalue weighted by molar-refractivity contribution is -0.0945. The minimum atomic E-state index is -0.619. The molecule has 1 unspecified atom stereocenters. The molecule has 1 saturated heterocycles.